The summed E-state index contributed by atoms with van der Waals surface area (Å²) in [5.74, 6) is 0.457. The Hall–Kier alpha value is -0.580. The average Bonchev–Trinajstić information content (AvgIpc) is 2.48. The molecule has 1 aromatic carbocycles. The van der Waals surface area contributed by atoms with Crippen LogP contribution in [0.5, 0.6) is 0 Å². The molecule has 3 nitrogen and oxygen atoms in total. The lowest BCUT2D eigenvalue weighted by molar-refractivity contribution is 0.110. The van der Waals surface area contributed by atoms with Gasteiger partial charge in [0.1, 0.15) is 0 Å². The third-order valence-corrected chi connectivity index (χ3v) is 4.84. The van der Waals surface area contributed by atoms with E-state index in [1.807, 2.05) is 6.92 Å². The smallest absolute Gasteiger partial charge is 0.0541 e. The topological polar surface area (TPSA) is 35.5 Å². The van der Waals surface area contributed by atoms with Crippen LogP contribution < -0.4 is 10.2 Å². The van der Waals surface area contributed by atoms with Gasteiger partial charge in [-0.3, -0.25) is 0 Å². The molecule has 1 heterocycles. The van der Waals surface area contributed by atoms with Crippen molar-refractivity contribution in [2.75, 3.05) is 24.5 Å². The molecule has 1 saturated heterocycles. The number of piperidine rings is 1. The lowest BCUT2D eigenvalue weighted by Crippen LogP contribution is -2.37. The van der Waals surface area contributed by atoms with Crippen LogP contribution >= 0.6 is 15.9 Å². The van der Waals surface area contributed by atoms with Crippen LogP contribution in [0.2, 0.25) is 0 Å². The van der Waals surface area contributed by atoms with E-state index in [2.05, 4.69) is 51.3 Å². The molecule has 1 unspecified atom stereocenters. The van der Waals surface area contributed by atoms with E-state index in [4.69, 9.17) is 0 Å². The number of hydrogen-bond donors (Lipinski definition) is 2. The van der Waals surface area contributed by atoms with Gasteiger partial charge in [0.2, 0.25) is 0 Å². The summed E-state index contributed by atoms with van der Waals surface area (Å²) in [6.45, 7) is 8.15. The second-order valence-corrected chi connectivity index (χ2v) is 6.93. The number of anilines is 1. The Balaban J connectivity index is 2.05. The second-order valence-electron chi connectivity index (χ2n) is 6.01. The molecule has 1 fully saturated rings. The van der Waals surface area contributed by atoms with E-state index in [1.54, 1.807) is 0 Å². The molecule has 2 N–H and O–H groups in total. The van der Waals surface area contributed by atoms with Gasteiger partial charge in [-0.2, -0.15) is 0 Å². The van der Waals surface area contributed by atoms with Gasteiger partial charge in [-0.15, -0.1) is 0 Å². The maximum Gasteiger partial charge on any atom is 0.0541 e. The van der Waals surface area contributed by atoms with Crippen LogP contribution in [-0.4, -0.2) is 30.8 Å². The first-order chi connectivity index (χ1) is 10.1. The number of nitrogens with one attached hydrogen (secondary N) is 1. The highest BCUT2D eigenvalue weighted by molar-refractivity contribution is 9.10. The Morgan fingerprint density at radius 3 is 2.71 bits per heavy atom. The van der Waals surface area contributed by atoms with Gasteiger partial charge in [-0.25, -0.2) is 0 Å². The van der Waals surface area contributed by atoms with E-state index in [-0.39, 0.29) is 6.10 Å². The molecule has 118 valence electrons. The van der Waals surface area contributed by atoms with Gasteiger partial charge in [0.05, 0.1) is 6.10 Å². The van der Waals surface area contributed by atoms with Gasteiger partial charge in [0.15, 0.2) is 0 Å². The molecule has 1 aliphatic rings. The fourth-order valence-electron chi connectivity index (χ4n) is 3.03. The summed E-state index contributed by atoms with van der Waals surface area (Å²) >= 11 is 3.58. The minimum Gasteiger partial charge on any atom is -0.393 e. The Morgan fingerprint density at radius 2 is 2.10 bits per heavy atom. The van der Waals surface area contributed by atoms with Crippen LogP contribution in [-0.2, 0) is 6.54 Å². The van der Waals surface area contributed by atoms with Crippen LogP contribution in [0, 0.1) is 5.92 Å². The zero-order valence-electron chi connectivity index (χ0n) is 13.1. The first kappa shape index (κ1) is 16.8. The lowest BCUT2D eigenvalue weighted by atomic mass is 9.91. The van der Waals surface area contributed by atoms with Crippen LogP contribution in [0.3, 0.4) is 0 Å². The molecule has 0 aliphatic carbocycles. The van der Waals surface area contributed by atoms with Crippen LogP contribution in [0.15, 0.2) is 22.7 Å². The monoisotopic (exact) mass is 354 g/mol. The number of hydrogen-bond acceptors (Lipinski definition) is 3. The summed E-state index contributed by atoms with van der Waals surface area (Å²) < 4.78 is 1.14. The molecule has 1 aromatic rings. The minimum absolute atomic E-state index is 0.178. The van der Waals surface area contributed by atoms with Crippen molar-refractivity contribution in [3.8, 4) is 0 Å². The van der Waals surface area contributed by atoms with Crippen LogP contribution in [0.4, 0.5) is 5.69 Å². The summed E-state index contributed by atoms with van der Waals surface area (Å²) in [5.41, 5.74) is 2.69. The molecule has 0 saturated carbocycles. The van der Waals surface area contributed by atoms with Crippen molar-refractivity contribution in [1.29, 1.82) is 0 Å². The van der Waals surface area contributed by atoms with Crippen molar-refractivity contribution >= 4 is 21.6 Å². The minimum atomic E-state index is -0.178. The summed E-state index contributed by atoms with van der Waals surface area (Å²) in [4.78, 5) is 2.47. The van der Waals surface area contributed by atoms with Gasteiger partial charge >= 0.3 is 0 Å². The molecule has 4 heteroatoms. The van der Waals surface area contributed by atoms with E-state index < -0.39 is 0 Å². The first-order valence-corrected chi connectivity index (χ1v) is 8.83. The molecule has 0 bridgehead atoms. The van der Waals surface area contributed by atoms with Gasteiger partial charge in [0.25, 0.3) is 0 Å². The van der Waals surface area contributed by atoms with E-state index in [0.29, 0.717) is 5.92 Å². The molecular formula is C17H27BrN2O. The molecule has 0 spiro atoms. The summed E-state index contributed by atoms with van der Waals surface area (Å²) in [7, 11) is 0. The van der Waals surface area contributed by atoms with E-state index in [0.717, 1.165) is 49.9 Å². The van der Waals surface area contributed by atoms with Crippen molar-refractivity contribution < 1.29 is 5.11 Å². The summed E-state index contributed by atoms with van der Waals surface area (Å²) in [6.07, 6.45) is 3.14. The highest BCUT2D eigenvalue weighted by Gasteiger charge is 2.23. The Labute approximate surface area is 136 Å². The van der Waals surface area contributed by atoms with Gasteiger partial charge in [-0.1, -0.05) is 22.9 Å². The summed E-state index contributed by atoms with van der Waals surface area (Å²) in [6, 6.07) is 6.56. The molecule has 21 heavy (non-hydrogen) atoms. The first-order valence-electron chi connectivity index (χ1n) is 8.04. The van der Waals surface area contributed by atoms with Crippen molar-refractivity contribution in [2.45, 2.75) is 45.8 Å². The zero-order valence-corrected chi connectivity index (χ0v) is 14.7. The number of nitrogens with zero attached hydrogens (tertiary/aromatic N) is 1. The van der Waals surface area contributed by atoms with Gasteiger partial charge in [0, 0.05) is 29.8 Å². The quantitative estimate of drug-likeness (QED) is 0.766. The largest absolute Gasteiger partial charge is 0.393 e. The Morgan fingerprint density at radius 1 is 1.38 bits per heavy atom. The fraction of sp³-hybridized carbons (Fsp3) is 0.647. The maximum absolute atomic E-state index is 9.73. The predicted octanol–water partition coefficient (Wildman–Crippen LogP) is 3.55. The number of aliphatic hydroxyl groups excluding tert-OH is 1. The predicted molar refractivity (Wildman–Crippen MR) is 92.8 cm³/mol. The second kappa shape index (κ2) is 8.16. The molecule has 1 atom stereocenters. The molecular weight excluding hydrogens is 328 g/mol. The normalized spacial score (nSPS) is 18.0. The Kier molecular flexibility index (Phi) is 6.52. The van der Waals surface area contributed by atoms with E-state index in [9.17, 15) is 5.11 Å². The zero-order chi connectivity index (χ0) is 15.2. The molecule has 1 aliphatic heterocycles. The van der Waals surface area contributed by atoms with Crippen molar-refractivity contribution in [3.05, 3.63) is 28.2 Å². The molecule has 2 rings (SSSR count). The number of aliphatic hydroxyl groups is 1. The van der Waals surface area contributed by atoms with Crippen molar-refractivity contribution in [2.24, 2.45) is 5.92 Å². The standard InChI is InChI=1S/C17H27BrN2O/c1-3-8-19-12-15-11-16(18)4-5-17(15)20-9-6-14(7-10-20)13(2)21/h4-5,11,13-14,19,21H,3,6-10,12H2,1-2H3. The third-order valence-electron chi connectivity index (χ3n) is 4.35. The molecule has 0 radical (unpaired) electrons. The van der Waals surface area contributed by atoms with Crippen LogP contribution in [0.1, 0.15) is 38.7 Å². The maximum atomic E-state index is 9.73. The number of rotatable bonds is 6. The highest BCUT2D eigenvalue weighted by atomic mass is 79.9. The number of halogens is 1. The fourth-order valence-corrected chi connectivity index (χ4v) is 3.44. The van der Waals surface area contributed by atoms with Crippen molar-refractivity contribution in [3.63, 3.8) is 0 Å². The Bertz CT molecular complexity index is 442. The van der Waals surface area contributed by atoms with E-state index in [1.165, 1.54) is 11.3 Å². The summed E-state index contributed by atoms with van der Waals surface area (Å²) in [5, 5.41) is 13.2. The SMILES string of the molecule is CCCNCc1cc(Br)ccc1N1CCC(C(C)O)CC1. The highest BCUT2D eigenvalue weighted by Crippen LogP contribution is 2.29. The third kappa shape index (κ3) is 4.70. The average molecular weight is 355 g/mol. The lowest BCUT2D eigenvalue weighted by Gasteiger charge is -2.36. The van der Waals surface area contributed by atoms with Crippen molar-refractivity contribution in [1.82, 2.24) is 5.32 Å². The molecule has 0 amide bonds. The van der Waals surface area contributed by atoms with Crippen LogP contribution in [0.25, 0.3) is 0 Å². The molecule has 0 aromatic heterocycles. The van der Waals surface area contributed by atoms with E-state index >= 15 is 0 Å². The van der Waals surface area contributed by atoms with Gasteiger partial charge < -0.3 is 15.3 Å². The number of benzene rings is 1. The van der Waals surface area contributed by atoms with Gasteiger partial charge in [-0.05, 0) is 62.4 Å².